The highest BCUT2D eigenvalue weighted by Gasteiger charge is 2.38. The van der Waals surface area contributed by atoms with E-state index >= 15 is 0 Å². The Balaban J connectivity index is 1.33. The number of hydrogen-bond acceptors (Lipinski definition) is 3. The molecule has 5 heteroatoms. The third-order valence-electron chi connectivity index (χ3n) is 5.57. The number of hydrogen-bond donors (Lipinski definition) is 0. The first-order valence-corrected chi connectivity index (χ1v) is 8.97. The maximum absolute atomic E-state index is 13.0. The number of likely N-dealkylation sites (tertiary alicyclic amines) is 1. The monoisotopic (exact) mass is 332 g/mol. The van der Waals surface area contributed by atoms with Gasteiger partial charge in [-0.15, -0.1) is 10.2 Å². The molecule has 5 rings (SSSR count). The fraction of sp³-hybridized carbons (Fsp3) is 0.350. The van der Waals surface area contributed by atoms with Crippen LogP contribution in [0.15, 0.2) is 48.7 Å². The van der Waals surface area contributed by atoms with Crippen molar-refractivity contribution < 1.29 is 4.79 Å². The molecule has 2 aromatic heterocycles. The number of aryl methyl sites for hydroxylation is 1. The third-order valence-corrected chi connectivity index (χ3v) is 5.57. The Kier molecular flexibility index (Phi) is 3.33. The number of carbonyl (C=O) groups excluding carboxylic acids is 1. The molecule has 1 unspecified atom stereocenters. The third kappa shape index (κ3) is 2.34. The van der Waals surface area contributed by atoms with Gasteiger partial charge in [0.1, 0.15) is 5.82 Å². The Bertz CT molecular complexity index is 942. The summed E-state index contributed by atoms with van der Waals surface area (Å²) < 4.78 is 2.03. The zero-order valence-corrected chi connectivity index (χ0v) is 14.0. The summed E-state index contributed by atoms with van der Waals surface area (Å²) in [5.74, 6) is 1.54. The molecule has 1 aliphatic heterocycles. The van der Waals surface area contributed by atoms with E-state index in [1.165, 1.54) is 11.1 Å². The van der Waals surface area contributed by atoms with Crippen LogP contribution >= 0.6 is 0 Å². The molecule has 1 saturated heterocycles. The summed E-state index contributed by atoms with van der Waals surface area (Å²) in [6, 6.07) is 14.3. The number of nitrogens with zero attached hydrogens (tertiary/aromatic N) is 4. The molecule has 126 valence electrons. The summed E-state index contributed by atoms with van der Waals surface area (Å²) in [6.45, 7) is 1.49. The molecule has 0 bridgehead atoms. The Morgan fingerprint density at radius 3 is 2.80 bits per heavy atom. The fourth-order valence-corrected chi connectivity index (χ4v) is 4.19. The number of benzene rings is 1. The lowest BCUT2D eigenvalue weighted by molar-refractivity contribution is -0.137. The van der Waals surface area contributed by atoms with E-state index in [9.17, 15) is 4.79 Å². The van der Waals surface area contributed by atoms with Crippen LogP contribution in [0, 0.1) is 0 Å². The number of aromatic nitrogens is 3. The summed E-state index contributed by atoms with van der Waals surface area (Å²) in [5.41, 5.74) is 3.44. The van der Waals surface area contributed by atoms with E-state index in [1.807, 2.05) is 39.8 Å². The van der Waals surface area contributed by atoms with Gasteiger partial charge in [0, 0.05) is 19.3 Å². The van der Waals surface area contributed by atoms with Gasteiger partial charge in [0.15, 0.2) is 5.65 Å². The minimum absolute atomic E-state index is 0.0287. The molecule has 1 aliphatic carbocycles. The average Bonchev–Trinajstić information content (AvgIpc) is 3.04. The first-order valence-electron chi connectivity index (χ1n) is 8.97. The van der Waals surface area contributed by atoms with Crippen LogP contribution in [0.2, 0.25) is 0 Å². The normalized spacial score (nSPS) is 20.3. The minimum atomic E-state index is 0.0287. The standard InChI is InChI=1S/C20H20N4O/c25-20(17-9-5-7-14-6-1-2-8-16(14)17)23-12-15(13-23)19-22-21-18-10-3-4-11-24(18)19/h1-4,6,8,10-11,15,17H,5,7,9,12-13H2. The smallest absolute Gasteiger partial charge is 0.230 e. The SMILES string of the molecule is O=C(C1CCCc2ccccc21)N1CC(c2nnc3ccccn23)C1. The molecule has 3 aromatic rings. The lowest BCUT2D eigenvalue weighted by Gasteiger charge is -2.41. The van der Waals surface area contributed by atoms with Crippen LogP contribution in [0.1, 0.15) is 41.6 Å². The van der Waals surface area contributed by atoms with Crippen molar-refractivity contribution in [3.63, 3.8) is 0 Å². The molecule has 0 saturated carbocycles. The Morgan fingerprint density at radius 1 is 1.04 bits per heavy atom. The number of rotatable bonds is 2. The second kappa shape index (κ2) is 5.69. The van der Waals surface area contributed by atoms with Gasteiger partial charge in [0.05, 0.1) is 11.8 Å². The summed E-state index contributed by atoms with van der Waals surface area (Å²) in [5, 5.41) is 8.56. The molecule has 0 spiro atoms. The van der Waals surface area contributed by atoms with Gasteiger partial charge in [-0.1, -0.05) is 30.3 Å². The lowest BCUT2D eigenvalue weighted by atomic mass is 9.81. The maximum atomic E-state index is 13.0. The zero-order chi connectivity index (χ0) is 16.8. The van der Waals surface area contributed by atoms with E-state index in [1.54, 1.807) is 0 Å². The highest BCUT2D eigenvalue weighted by molar-refractivity contribution is 5.85. The molecule has 5 nitrogen and oxygen atoms in total. The van der Waals surface area contributed by atoms with Crippen LogP contribution in [-0.2, 0) is 11.2 Å². The van der Waals surface area contributed by atoms with Gasteiger partial charge >= 0.3 is 0 Å². The van der Waals surface area contributed by atoms with Crippen LogP contribution in [0.25, 0.3) is 5.65 Å². The molecule has 0 radical (unpaired) electrons. The second-order valence-electron chi connectivity index (χ2n) is 7.07. The van der Waals surface area contributed by atoms with Crippen molar-refractivity contribution in [1.29, 1.82) is 0 Å². The highest BCUT2D eigenvalue weighted by Crippen LogP contribution is 2.36. The van der Waals surface area contributed by atoms with Crippen molar-refractivity contribution in [1.82, 2.24) is 19.5 Å². The van der Waals surface area contributed by atoms with Crippen molar-refractivity contribution in [2.45, 2.75) is 31.1 Å². The van der Waals surface area contributed by atoms with E-state index in [-0.39, 0.29) is 17.7 Å². The summed E-state index contributed by atoms with van der Waals surface area (Å²) in [4.78, 5) is 15.0. The minimum Gasteiger partial charge on any atom is -0.341 e. The summed E-state index contributed by atoms with van der Waals surface area (Å²) >= 11 is 0. The van der Waals surface area contributed by atoms with Gasteiger partial charge < -0.3 is 4.90 Å². The second-order valence-corrected chi connectivity index (χ2v) is 7.07. The van der Waals surface area contributed by atoms with Crippen LogP contribution in [0.5, 0.6) is 0 Å². The van der Waals surface area contributed by atoms with Crippen molar-refractivity contribution in [3.8, 4) is 0 Å². The molecule has 1 amide bonds. The molecule has 2 aliphatic rings. The molecule has 1 atom stereocenters. The van der Waals surface area contributed by atoms with E-state index in [2.05, 4.69) is 28.4 Å². The van der Waals surface area contributed by atoms with Crippen LogP contribution < -0.4 is 0 Å². The quantitative estimate of drug-likeness (QED) is 0.725. The first kappa shape index (κ1) is 14.6. The topological polar surface area (TPSA) is 50.5 Å². The van der Waals surface area contributed by atoms with Crippen molar-refractivity contribution in [3.05, 3.63) is 65.6 Å². The van der Waals surface area contributed by atoms with Gasteiger partial charge in [-0.05, 0) is 42.5 Å². The van der Waals surface area contributed by atoms with Gasteiger partial charge in [-0.25, -0.2) is 0 Å². The predicted molar refractivity (Wildman–Crippen MR) is 94.4 cm³/mol. The summed E-state index contributed by atoms with van der Waals surface area (Å²) in [6.07, 6.45) is 5.14. The number of fused-ring (bicyclic) bond motifs is 2. The van der Waals surface area contributed by atoms with Crippen LogP contribution in [0.4, 0.5) is 0 Å². The van der Waals surface area contributed by atoms with Gasteiger partial charge in [0.2, 0.25) is 5.91 Å². The number of amides is 1. The van der Waals surface area contributed by atoms with Crippen molar-refractivity contribution in [2.24, 2.45) is 0 Å². The maximum Gasteiger partial charge on any atom is 0.230 e. The zero-order valence-electron chi connectivity index (χ0n) is 14.0. The summed E-state index contributed by atoms with van der Waals surface area (Å²) in [7, 11) is 0. The average molecular weight is 332 g/mol. The Morgan fingerprint density at radius 2 is 1.88 bits per heavy atom. The molecule has 1 fully saturated rings. The Hall–Kier alpha value is -2.69. The lowest BCUT2D eigenvalue weighted by Crippen LogP contribution is -2.51. The molecular formula is C20H20N4O. The molecular weight excluding hydrogens is 312 g/mol. The van der Waals surface area contributed by atoms with Gasteiger partial charge in [0.25, 0.3) is 0 Å². The van der Waals surface area contributed by atoms with E-state index in [0.717, 1.165) is 43.8 Å². The Labute approximate surface area is 146 Å². The molecule has 3 heterocycles. The predicted octanol–water partition coefficient (Wildman–Crippen LogP) is 2.78. The highest BCUT2D eigenvalue weighted by atomic mass is 16.2. The van der Waals surface area contributed by atoms with Crippen LogP contribution in [-0.4, -0.2) is 38.5 Å². The number of pyridine rings is 1. The van der Waals surface area contributed by atoms with E-state index < -0.39 is 0 Å². The first-order chi connectivity index (χ1) is 12.3. The van der Waals surface area contributed by atoms with E-state index in [0.29, 0.717) is 0 Å². The van der Waals surface area contributed by atoms with Gasteiger partial charge in [-0.2, -0.15) is 0 Å². The number of carbonyl (C=O) groups is 1. The molecule has 1 aromatic carbocycles. The van der Waals surface area contributed by atoms with Crippen molar-refractivity contribution in [2.75, 3.05) is 13.1 Å². The largest absolute Gasteiger partial charge is 0.341 e. The molecule has 0 N–H and O–H groups in total. The molecule has 25 heavy (non-hydrogen) atoms. The van der Waals surface area contributed by atoms with E-state index in [4.69, 9.17) is 0 Å². The van der Waals surface area contributed by atoms with Crippen LogP contribution in [0.3, 0.4) is 0 Å². The van der Waals surface area contributed by atoms with Gasteiger partial charge in [-0.3, -0.25) is 9.20 Å². The fourth-order valence-electron chi connectivity index (χ4n) is 4.19. The van der Waals surface area contributed by atoms with Crippen molar-refractivity contribution >= 4 is 11.6 Å².